The number of carbonyl (C=O) groups excluding carboxylic acids is 1. The summed E-state index contributed by atoms with van der Waals surface area (Å²) in [7, 11) is 4.59. The number of hydrogen-bond donors (Lipinski definition) is 0. The Morgan fingerprint density at radius 1 is 0.963 bits per heavy atom. The van der Waals surface area contributed by atoms with Gasteiger partial charge in [0.05, 0.1) is 38.0 Å². The van der Waals surface area contributed by atoms with E-state index in [1.807, 2.05) is 0 Å². The highest BCUT2D eigenvalue weighted by Gasteiger charge is 2.24. The van der Waals surface area contributed by atoms with Gasteiger partial charge in [0.2, 0.25) is 11.7 Å². The van der Waals surface area contributed by atoms with E-state index < -0.39 is 0 Å². The minimum atomic E-state index is -0.166. The summed E-state index contributed by atoms with van der Waals surface area (Å²) in [5.74, 6) is 2.45. The van der Waals surface area contributed by atoms with Gasteiger partial charge in [0.25, 0.3) is 0 Å². The molecule has 0 spiro atoms. The van der Waals surface area contributed by atoms with Gasteiger partial charge in [-0.25, -0.2) is 0 Å². The average molecular weight is 438 g/mol. The van der Waals surface area contributed by atoms with Crippen LogP contribution >= 0.6 is 15.9 Å². The van der Waals surface area contributed by atoms with E-state index in [1.54, 1.807) is 35.2 Å². The first-order valence-corrected chi connectivity index (χ1v) is 9.33. The third-order valence-corrected chi connectivity index (χ3v) is 4.54. The Labute approximate surface area is 165 Å². The Bertz CT molecular complexity index is 816. The first kappa shape index (κ1) is 19.2. The number of fused-ring (bicyclic) bond motifs is 1. The van der Waals surface area contributed by atoms with E-state index in [9.17, 15) is 4.79 Å². The number of alkyl halides is 1. The van der Waals surface area contributed by atoms with E-state index in [0.29, 0.717) is 53.3 Å². The van der Waals surface area contributed by atoms with Crippen LogP contribution in [-0.4, -0.2) is 45.8 Å². The molecular formula is C19H20BrNO6. The molecule has 27 heavy (non-hydrogen) atoms. The fourth-order valence-electron chi connectivity index (χ4n) is 2.86. The summed E-state index contributed by atoms with van der Waals surface area (Å²) in [6.45, 7) is 0.969. The molecular weight excluding hydrogens is 418 g/mol. The monoisotopic (exact) mass is 437 g/mol. The van der Waals surface area contributed by atoms with Crippen LogP contribution < -0.4 is 28.6 Å². The summed E-state index contributed by atoms with van der Waals surface area (Å²) in [6.07, 6.45) is 0. The fraction of sp³-hybridized carbons (Fsp3) is 0.316. The van der Waals surface area contributed by atoms with Gasteiger partial charge in [-0.2, -0.15) is 0 Å². The van der Waals surface area contributed by atoms with Crippen LogP contribution in [0.25, 0.3) is 0 Å². The SMILES string of the molecule is COc1cc(N(C(=O)CBr)c2ccc3c(c2)OCCO3)cc(OC)c1OC. The van der Waals surface area contributed by atoms with Crippen LogP contribution in [0, 0.1) is 0 Å². The van der Waals surface area contributed by atoms with Crippen LogP contribution in [0.15, 0.2) is 30.3 Å². The summed E-state index contributed by atoms with van der Waals surface area (Å²) in [4.78, 5) is 14.3. The van der Waals surface area contributed by atoms with Crippen LogP contribution in [0.2, 0.25) is 0 Å². The van der Waals surface area contributed by atoms with Gasteiger partial charge < -0.3 is 23.7 Å². The molecule has 0 radical (unpaired) electrons. The number of carbonyl (C=O) groups is 1. The maximum absolute atomic E-state index is 12.7. The van der Waals surface area contributed by atoms with Crippen molar-refractivity contribution in [2.75, 3.05) is 44.8 Å². The molecule has 2 aromatic rings. The van der Waals surface area contributed by atoms with Crippen LogP contribution in [0.3, 0.4) is 0 Å². The maximum Gasteiger partial charge on any atom is 0.242 e. The molecule has 0 bridgehead atoms. The van der Waals surface area contributed by atoms with Gasteiger partial charge in [-0.3, -0.25) is 9.69 Å². The summed E-state index contributed by atoms with van der Waals surface area (Å²) in [5, 5.41) is 0.137. The predicted octanol–water partition coefficient (Wildman–Crippen LogP) is 3.54. The van der Waals surface area contributed by atoms with E-state index >= 15 is 0 Å². The highest BCUT2D eigenvalue weighted by molar-refractivity contribution is 9.09. The topological polar surface area (TPSA) is 66.5 Å². The van der Waals surface area contributed by atoms with E-state index in [0.717, 1.165) is 0 Å². The third kappa shape index (κ3) is 3.75. The normalized spacial score (nSPS) is 12.3. The van der Waals surface area contributed by atoms with Crippen LogP contribution in [0.1, 0.15) is 0 Å². The number of ether oxygens (including phenoxy) is 5. The van der Waals surface area contributed by atoms with Crippen molar-refractivity contribution >= 4 is 33.2 Å². The maximum atomic E-state index is 12.7. The van der Waals surface area contributed by atoms with Crippen molar-refractivity contribution in [3.05, 3.63) is 30.3 Å². The molecule has 0 N–H and O–H groups in total. The third-order valence-electron chi connectivity index (χ3n) is 4.06. The van der Waals surface area contributed by atoms with E-state index in [4.69, 9.17) is 23.7 Å². The molecule has 0 aromatic heterocycles. The second kappa shape index (κ2) is 8.39. The zero-order chi connectivity index (χ0) is 19.4. The summed E-state index contributed by atoms with van der Waals surface area (Å²) < 4.78 is 27.4. The Morgan fingerprint density at radius 2 is 1.59 bits per heavy atom. The van der Waals surface area contributed by atoms with Gasteiger partial charge in [-0.05, 0) is 12.1 Å². The van der Waals surface area contributed by atoms with Gasteiger partial charge >= 0.3 is 0 Å². The molecule has 3 rings (SSSR count). The molecule has 1 aliphatic rings. The number of methoxy groups -OCH3 is 3. The van der Waals surface area contributed by atoms with Gasteiger partial charge in [0, 0.05) is 18.2 Å². The van der Waals surface area contributed by atoms with Crippen molar-refractivity contribution in [1.29, 1.82) is 0 Å². The second-order valence-electron chi connectivity index (χ2n) is 5.57. The first-order valence-electron chi connectivity index (χ1n) is 8.21. The summed E-state index contributed by atoms with van der Waals surface area (Å²) in [6, 6.07) is 8.81. The van der Waals surface area contributed by atoms with Gasteiger partial charge in [-0.1, -0.05) is 15.9 Å². The lowest BCUT2D eigenvalue weighted by Gasteiger charge is -2.26. The lowest BCUT2D eigenvalue weighted by molar-refractivity contribution is -0.115. The van der Waals surface area contributed by atoms with E-state index in [-0.39, 0.29) is 11.2 Å². The zero-order valence-corrected chi connectivity index (χ0v) is 16.9. The largest absolute Gasteiger partial charge is 0.493 e. The molecule has 0 saturated heterocycles. The van der Waals surface area contributed by atoms with Crippen molar-refractivity contribution < 1.29 is 28.5 Å². The smallest absolute Gasteiger partial charge is 0.242 e. The first-order chi connectivity index (χ1) is 13.1. The van der Waals surface area contributed by atoms with Crippen molar-refractivity contribution in [3.63, 3.8) is 0 Å². The van der Waals surface area contributed by atoms with Crippen molar-refractivity contribution in [3.8, 4) is 28.7 Å². The van der Waals surface area contributed by atoms with E-state index in [2.05, 4.69) is 15.9 Å². The van der Waals surface area contributed by atoms with Crippen molar-refractivity contribution in [2.24, 2.45) is 0 Å². The molecule has 8 heteroatoms. The quantitative estimate of drug-likeness (QED) is 0.643. The molecule has 2 aromatic carbocycles. The molecule has 1 aliphatic heterocycles. The molecule has 7 nitrogen and oxygen atoms in total. The lowest BCUT2D eigenvalue weighted by Crippen LogP contribution is -2.27. The van der Waals surface area contributed by atoms with Gasteiger partial charge in [-0.15, -0.1) is 0 Å². The van der Waals surface area contributed by atoms with Gasteiger partial charge in [0.1, 0.15) is 13.2 Å². The Balaban J connectivity index is 2.12. The molecule has 144 valence electrons. The minimum Gasteiger partial charge on any atom is -0.493 e. The molecule has 1 amide bonds. The molecule has 0 atom stereocenters. The zero-order valence-electron chi connectivity index (χ0n) is 15.3. The molecule has 0 unspecified atom stereocenters. The highest BCUT2D eigenvalue weighted by atomic mass is 79.9. The minimum absolute atomic E-state index is 0.137. The number of anilines is 2. The van der Waals surface area contributed by atoms with Gasteiger partial charge in [0.15, 0.2) is 23.0 Å². The number of rotatable bonds is 6. The molecule has 1 heterocycles. The number of benzene rings is 2. The lowest BCUT2D eigenvalue weighted by atomic mass is 10.2. The highest BCUT2D eigenvalue weighted by Crippen LogP contribution is 2.44. The number of halogens is 1. The molecule has 0 aliphatic carbocycles. The number of hydrogen-bond acceptors (Lipinski definition) is 6. The Kier molecular flexibility index (Phi) is 5.95. The van der Waals surface area contributed by atoms with Crippen LogP contribution in [0.5, 0.6) is 28.7 Å². The molecule has 0 fully saturated rings. The summed E-state index contributed by atoms with van der Waals surface area (Å²) >= 11 is 3.25. The Morgan fingerprint density at radius 3 is 2.15 bits per heavy atom. The fourth-order valence-corrected chi connectivity index (χ4v) is 3.12. The summed E-state index contributed by atoms with van der Waals surface area (Å²) in [5.41, 5.74) is 1.21. The standard InChI is InChI=1S/C19H20BrNO6/c1-23-16-9-13(10-17(24-2)19(16)25-3)21(18(22)11-20)12-4-5-14-15(8-12)27-7-6-26-14/h4-5,8-10H,6-7,11H2,1-3H3. The molecule has 0 saturated carbocycles. The van der Waals surface area contributed by atoms with Crippen LogP contribution in [-0.2, 0) is 4.79 Å². The Hall–Kier alpha value is -2.61. The second-order valence-corrected chi connectivity index (χ2v) is 6.14. The number of amides is 1. The number of nitrogens with zero attached hydrogens (tertiary/aromatic N) is 1. The van der Waals surface area contributed by atoms with E-state index in [1.165, 1.54) is 21.3 Å². The predicted molar refractivity (Wildman–Crippen MR) is 104 cm³/mol. The van der Waals surface area contributed by atoms with Crippen molar-refractivity contribution in [1.82, 2.24) is 0 Å². The average Bonchev–Trinajstić information content (AvgIpc) is 2.72. The van der Waals surface area contributed by atoms with Crippen LogP contribution in [0.4, 0.5) is 11.4 Å². The van der Waals surface area contributed by atoms with Crippen molar-refractivity contribution in [2.45, 2.75) is 0 Å².